The summed E-state index contributed by atoms with van der Waals surface area (Å²) < 4.78 is 44.6. The van der Waals surface area contributed by atoms with Gasteiger partial charge in [0.15, 0.2) is 9.84 Å². The molecule has 0 saturated carbocycles. The summed E-state index contributed by atoms with van der Waals surface area (Å²) in [5, 5.41) is 9.85. The van der Waals surface area contributed by atoms with Crippen LogP contribution in [0.5, 0.6) is 5.75 Å². The maximum Gasteiger partial charge on any atom is 0.184 e. The number of aromatic nitrogens is 1. The zero-order valence-corrected chi connectivity index (χ0v) is 14.6. The zero-order chi connectivity index (χ0) is 18.2. The van der Waals surface area contributed by atoms with Crippen LogP contribution in [-0.2, 0) is 15.6 Å². The van der Waals surface area contributed by atoms with Crippen LogP contribution in [0.15, 0.2) is 41.4 Å². The number of aromatic amines is 1. The monoisotopic (exact) mass is 378 g/mol. The molecule has 2 aromatic carbocycles. The Hall–Kier alpha value is -2.56. The lowest BCUT2D eigenvalue weighted by Crippen LogP contribution is -2.07. The molecule has 1 aromatic heterocycles. The fraction of sp³-hybridized carbons (Fsp3) is 0.118. The number of ether oxygens (including phenoxy) is 1. The van der Waals surface area contributed by atoms with Gasteiger partial charge in [0, 0.05) is 33.8 Å². The molecule has 0 saturated heterocycles. The zero-order valence-electron chi connectivity index (χ0n) is 13.0. The maximum atomic E-state index is 13.9. The first-order valence-corrected chi connectivity index (χ1v) is 9.14. The van der Waals surface area contributed by atoms with Gasteiger partial charge in [-0.05, 0) is 18.2 Å². The average Bonchev–Trinajstić information content (AvgIpc) is 2.98. The van der Waals surface area contributed by atoms with E-state index in [-0.39, 0.29) is 21.8 Å². The number of sulfone groups is 1. The van der Waals surface area contributed by atoms with Crippen LogP contribution in [-0.4, -0.2) is 20.5 Å². The summed E-state index contributed by atoms with van der Waals surface area (Å²) in [6, 6.07) is 8.73. The Bertz CT molecular complexity index is 1120. The van der Waals surface area contributed by atoms with E-state index in [1.807, 2.05) is 0 Å². The van der Waals surface area contributed by atoms with E-state index in [0.717, 1.165) is 6.07 Å². The molecule has 0 unspecified atom stereocenters. The van der Waals surface area contributed by atoms with E-state index in [2.05, 4.69) is 4.98 Å². The molecule has 25 heavy (non-hydrogen) atoms. The molecule has 0 aliphatic rings. The van der Waals surface area contributed by atoms with E-state index >= 15 is 0 Å². The van der Waals surface area contributed by atoms with Crippen LogP contribution in [0, 0.1) is 17.1 Å². The lowest BCUT2D eigenvalue weighted by molar-refractivity contribution is 0.409. The summed E-state index contributed by atoms with van der Waals surface area (Å²) in [6.45, 7) is 0. The molecule has 0 spiro atoms. The van der Waals surface area contributed by atoms with Gasteiger partial charge in [0.05, 0.1) is 23.3 Å². The van der Waals surface area contributed by atoms with Gasteiger partial charge in [-0.3, -0.25) is 0 Å². The van der Waals surface area contributed by atoms with Crippen LogP contribution >= 0.6 is 11.6 Å². The molecule has 0 aliphatic carbocycles. The van der Waals surface area contributed by atoms with Crippen molar-refractivity contribution < 1.29 is 17.5 Å². The van der Waals surface area contributed by atoms with Gasteiger partial charge in [-0.25, -0.2) is 12.8 Å². The Balaban J connectivity index is 2.07. The van der Waals surface area contributed by atoms with Gasteiger partial charge in [-0.15, -0.1) is 0 Å². The number of hydrogen-bond donors (Lipinski definition) is 1. The summed E-state index contributed by atoms with van der Waals surface area (Å²) in [5.41, 5.74) is 0.520. The van der Waals surface area contributed by atoms with Crippen LogP contribution in [0.3, 0.4) is 0 Å². The first kappa shape index (κ1) is 17.3. The van der Waals surface area contributed by atoms with Crippen LogP contribution in [0.1, 0.15) is 11.1 Å². The number of nitrogens with zero attached hydrogens (tertiary/aromatic N) is 1. The van der Waals surface area contributed by atoms with E-state index in [1.54, 1.807) is 24.3 Å². The number of nitriles is 1. The SMILES string of the molecule is COc1cc(C#N)c(F)cc1CS(=O)(=O)c1c[nH]c2cc(Cl)ccc12. The number of halogens is 2. The van der Waals surface area contributed by atoms with Crippen molar-refractivity contribution >= 4 is 32.3 Å². The highest BCUT2D eigenvalue weighted by molar-refractivity contribution is 7.90. The highest BCUT2D eigenvalue weighted by atomic mass is 35.5. The first-order valence-electron chi connectivity index (χ1n) is 7.11. The van der Waals surface area contributed by atoms with Crippen molar-refractivity contribution in [2.24, 2.45) is 0 Å². The standard InChI is InChI=1S/C17H12ClFN2O3S/c1-24-16-5-10(7-20)14(19)4-11(16)9-25(22,23)17-8-21-15-6-12(18)2-3-13(15)17/h2-6,8,21H,9H2,1H3. The molecule has 0 fully saturated rings. The van der Waals surface area contributed by atoms with Crippen LogP contribution < -0.4 is 4.74 Å². The average molecular weight is 379 g/mol. The minimum absolute atomic E-state index is 0.0889. The fourth-order valence-corrected chi connectivity index (χ4v) is 4.31. The van der Waals surface area contributed by atoms with Crippen LogP contribution in [0.2, 0.25) is 5.02 Å². The summed E-state index contributed by atoms with van der Waals surface area (Å²) >= 11 is 5.90. The van der Waals surface area contributed by atoms with Gasteiger partial charge in [-0.1, -0.05) is 17.7 Å². The number of nitrogens with one attached hydrogen (secondary N) is 1. The predicted molar refractivity (Wildman–Crippen MR) is 91.9 cm³/mol. The molecule has 0 radical (unpaired) electrons. The van der Waals surface area contributed by atoms with Gasteiger partial charge in [-0.2, -0.15) is 5.26 Å². The second-order valence-electron chi connectivity index (χ2n) is 5.36. The number of rotatable bonds is 4. The van der Waals surface area contributed by atoms with Crippen molar-refractivity contribution in [3.63, 3.8) is 0 Å². The lowest BCUT2D eigenvalue weighted by atomic mass is 10.1. The summed E-state index contributed by atoms with van der Waals surface area (Å²) in [7, 11) is -2.45. The van der Waals surface area contributed by atoms with E-state index in [9.17, 15) is 12.8 Å². The van der Waals surface area contributed by atoms with Gasteiger partial charge in [0.1, 0.15) is 17.6 Å². The normalized spacial score (nSPS) is 11.4. The van der Waals surface area contributed by atoms with E-state index in [1.165, 1.54) is 19.4 Å². The summed E-state index contributed by atoms with van der Waals surface area (Å²) in [6.07, 6.45) is 1.38. The Labute approximate surface area is 148 Å². The summed E-state index contributed by atoms with van der Waals surface area (Å²) in [4.78, 5) is 2.96. The third-order valence-corrected chi connectivity index (χ3v) is 5.71. The molecule has 1 heterocycles. The molecule has 0 amide bonds. The molecule has 0 atom stereocenters. The Morgan fingerprint density at radius 3 is 2.76 bits per heavy atom. The third-order valence-electron chi connectivity index (χ3n) is 3.78. The smallest absolute Gasteiger partial charge is 0.184 e. The van der Waals surface area contributed by atoms with E-state index in [0.29, 0.717) is 15.9 Å². The van der Waals surface area contributed by atoms with Crippen molar-refractivity contribution in [1.82, 2.24) is 4.98 Å². The van der Waals surface area contributed by atoms with Crippen LogP contribution in [0.4, 0.5) is 4.39 Å². The van der Waals surface area contributed by atoms with Crippen molar-refractivity contribution in [3.8, 4) is 11.8 Å². The number of methoxy groups -OCH3 is 1. The molecular formula is C17H12ClFN2O3S. The van der Waals surface area contributed by atoms with Crippen molar-refractivity contribution in [2.75, 3.05) is 7.11 Å². The molecule has 0 bridgehead atoms. The molecule has 128 valence electrons. The van der Waals surface area contributed by atoms with Crippen molar-refractivity contribution in [1.29, 1.82) is 5.26 Å². The number of H-pyrrole nitrogens is 1. The maximum absolute atomic E-state index is 13.9. The predicted octanol–water partition coefficient (Wildman–Crippen LogP) is 3.81. The molecule has 5 nitrogen and oxygen atoms in total. The Morgan fingerprint density at radius 1 is 1.32 bits per heavy atom. The number of benzene rings is 2. The van der Waals surface area contributed by atoms with Gasteiger partial charge in [0.2, 0.25) is 0 Å². The molecular weight excluding hydrogens is 367 g/mol. The molecule has 0 aliphatic heterocycles. The van der Waals surface area contributed by atoms with Gasteiger partial charge >= 0.3 is 0 Å². The molecule has 8 heteroatoms. The van der Waals surface area contributed by atoms with Crippen LogP contribution in [0.25, 0.3) is 10.9 Å². The Kier molecular flexibility index (Phi) is 4.41. The lowest BCUT2D eigenvalue weighted by Gasteiger charge is -2.10. The van der Waals surface area contributed by atoms with E-state index < -0.39 is 21.4 Å². The second kappa shape index (κ2) is 6.39. The second-order valence-corrected chi connectivity index (χ2v) is 7.75. The highest BCUT2D eigenvalue weighted by Crippen LogP contribution is 2.31. The first-order chi connectivity index (χ1) is 11.9. The van der Waals surface area contributed by atoms with Gasteiger partial charge < -0.3 is 9.72 Å². The fourth-order valence-electron chi connectivity index (χ4n) is 2.59. The molecule has 3 rings (SSSR count). The minimum Gasteiger partial charge on any atom is -0.496 e. The topological polar surface area (TPSA) is 82.9 Å². The molecule has 3 aromatic rings. The highest BCUT2D eigenvalue weighted by Gasteiger charge is 2.23. The Morgan fingerprint density at radius 2 is 2.08 bits per heavy atom. The third kappa shape index (κ3) is 3.18. The summed E-state index contributed by atoms with van der Waals surface area (Å²) in [5.74, 6) is -1.11. The molecule has 1 N–H and O–H groups in total. The number of hydrogen-bond acceptors (Lipinski definition) is 4. The van der Waals surface area contributed by atoms with Crippen molar-refractivity contribution in [3.05, 3.63) is 58.5 Å². The van der Waals surface area contributed by atoms with Crippen molar-refractivity contribution in [2.45, 2.75) is 10.6 Å². The largest absolute Gasteiger partial charge is 0.496 e. The quantitative estimate of drug-likeness (QED) is 0.748. The minimum atomic E-state index is -3.78. The van der Waals surface area contributed by atoms with E-state index in [4.69, 9.17) is 21.6 Å². The number of fused-ring (bicyclic) bond motifs is 1. The van der Waals surface area contributed by atoms with Gasteiger partial charge in [0.25, 0.3) is 0 Å².